The van der Waals surface area contributed by atoms with E-state index in [1.807, 2.05) is 12.1 Å². The number of carbonyl (C=O) groups is 3. The molecule has 0 atom stereocenters. The molecular formula is C23H20ClNO5. The van der Waals surface area contributed by atoms with Crippen molar-refractivity contribution >= 4 is 35.5 Å². The van der Waals surface area contributed by atoms with E-state index in [1.54, 1.807) is 24.3 Å². The maximum atomic E-state index is 12.4. The van der Waals surface area contributed by atoms with Crippen LogP contribution in [0.1, 0.15) is 46.2 Å². The largest absolute Gasteiger partial charge is 0.453 e. The van der Waals surface area contributed by atoms with Crippen LogP contribution in [0.4, 0.5) is 5.69 Å². The Bertz CT molecular complexity index is 1070. The van der Waals surface area contributed by atoms with Gasteiger partial charge in [-0.05, 0) is 53.9 Å². The first kappa shape index (κ1) is 21.3. The lowest BCUT2D eigenvalue weighted by Crippen LogP contribution is -2.21. The monoisotopic (exact) mass is 425 g/mol. The molecule has 1 aromatic heterocycles. The third-order valence-electron chi connectivity index (χ3n) is 4.41. The number of esters is 1. The maximum absolute atomic E-state index is 12.4. The Balaban J connectivity index is 1.63. The van der Waals surface area contributed by atoms with Gasteiger partial charge in [0.05, 0.1) is 10.6 Å². The Morgan fingerprint density at radius 1 is 1.10 bits per heavy atom. The summed E-state index contributed by atoms with van der Waals surface area (Å²) in [5.74, 6) is -0.237. The number of hydrogen-bond acceptors (Lipinski definition) is 5. The highest BCUT2D eigenvalue weighted by atomic mass is 35.5. The third kappa shape index (κ3) is 5.15. The van der Waals surface area contributed by atoms with Crippen LogP contribution in [0.15, 0.2) is 59.0 Å². The molecule has 7 heteroatoms. The lowest BCUT2D eigenvalue weighted by molar-refractivity contribution is -0.119. The topological polar surface area (TPSA) is 85.6 Å². The smallest absolute Gasteiger partial charge is 0.340 e. The minimum Gasteiger partial charge on any atom is -0.453 e. The zero-order chi connectivity index (χ0) is 21.7. The van der Waals surface area contributed by atoms with E-state index < -0.39 is 18.5 Å². The Hall–Kier alpha value is -3.38. The first-order chi connectivity index (χ1) is 14.4. The second-order valence-electron chi connectivity index (χ2n) is 6.92. The summed E-state index contributed by atoms with van der Waals surface area (Å²) in [5, 5.41) is 2.86. The normalized spacial score (nSPS) is 10.7. The van der Waals surface area contributed by atoms with Gasteiger partial charge in [-0.1, -0.05) is 37.6 Å². The van der Waals surface area contributed by atoms with Crippen molar-refractivity contribution in [3.05, 3.63) is 76.5 Å². The number of halogens is 1. The molecule has 6 nitrogen and oxygen atoms in total. The molecule has 1 heterocycles. The minimum atomic E-state index is -0.741. The zero-order valence-electron chi connectivity index (χ0n) is 16.5. The quantitative estimate of drug-likeness (QED) is 0.408. The summed E-state index contributed by atoms with van der Waals surface area (Å²) in [4.78, 5) is 35.3. The number of benzene rings is 2. The highest BCUT2D eigenvalue weighted by Gasteiger charge is 2.16. The van der Waals surface area contributed by atoms with E-state index in [-0.39, 0.29) is 16.3 Å². The number of anilines is 1. The van der Waals surface area contributed by atoms with Gasteiger partial charge in [0.25, 0.3) is 5.91 Å². The molecule has 1 amide bonds. The Morgan fingerprint density at radius 2 is 1.83 bits per heavy atom. The molecule has 30 heavy (non-hydrogen) atoms. The summed E-state index contributed by atoms with van der Waals surface area (Å²) in [6, 6.07) is 15.3. The molecule has 1 N–H and O–H groups in total. The molecule has 0 spiro atoms. The van der Waals surface area contributed by atoms with E-state index in [1.165, 1.54) is 18.2 Å². The van der Waals surface area contributed by atoms with Crippen molar-refractivity contribution < 1.29 is 23.5 Å². The summed E-state index contributed by atoms with van der Waals surface area (Å²) in [5.41, 5.74) is 2.41. The number of amides is 1. The van der Waals surface area contributed by atoms with Crippen LogP contribution in [0.3, 0.4) is 0 Å². The fourth-order valence-electron chi connectivity index (χ4n) is 2.76. The number of furan rings is 1. The van der Waals surface area contributed by atoms with E-state index in [0.717, 1.165) is 5.56 Å². The summed E-state index contributed by atoms with van der Waals surface area (Å²) < 4.78 is 10.5. The Morgan fingerprint density at radius 3 is 2.47 bits per heavy atom. The van der Waals surface area contributed by atoms with E-state index in [2.05, 4.69) is 19.2 Å². The average molecular weight is 426 g/mol. The molecule has 0 saturated heterocycles. The van der Waals surface area contributed by atoms with Gasteiger partial charge in [-0.15, -0.1) is 0 Å². The number of ether oxygens (including phenoxy) is 1. The van der Waals surface area contributed by atoms with Crippen molar-refractivity contribution in [2.75, 3.05) is 11.9 Å². The molecule has 0 aliphatic rings. The molecule has 0 bridgehead atoms. The molecule has 0 radical (unpaired) electrons. The summed E-state index contributed by atoms with van der Waals surface area (Å²) in [6.07, 6.45) is 0.587. The van der Waals surface area contributed by atoms with E-state index in [9.17, 15) is 14.4 Å². The van der Waals surface area contributed by atoms with Crippen LogP contribution < -0.4 is 5.32 Å². The molecular weight excluding hydrogens is 406 g/mol. The molecule has 0 saturated carbocycles. The highest BCUT2D eigenvalue weighted by molar-refractivity contribution is 6.33. The van der Waals surface area contributed by atoms with Crippen LogP contribution in [0.25, 0.3) is 11.3 Å². The van der Waals surface area contributed by atoms with Crippen LogP contribution in [0, 0.1) is 0 Å². The van der Waals surface area contributed by atoms with Gasteiger partial charge in [0.15, 0.2) is 18.7 Å². The molecule has 0 fully saturated rings. The number of nitrogens with one attached hydrogen (secondary N) is 1. The van der Waals surface area contributed by atoms with Crippen molar-refractivity contribution in [3.63, 3.8) is 0 Å². The number of carbonyl (C=O) groups excluding carboxylic acids is 3. The number of rotatable bonds is 7. The van der Waals surface area contributed by atoms with Crippen molar-refractivity contribution in [2.24, 2.45) is 0 Å². The summed E-state index contributed by atoms with van der Waals surface area (Å²) >= 11 is 6.11. The maximum Gasteiger partial charge on any atom is 0.340 e. The van der Waals surface area contributed by atoms with E-state index >= 15 is 0 Å². The van der Waals surface area contributed by atoms with E-state index in [0.29, 0.717) is 29.2 Å². The number of aldehydes is 1. The van der Waals surface area contributed by atoms with Gasteiger partial charge in [-0.25, -0.2) is 4.79 Å². The summed E-state index contributed by atoms with van der Waals surface area (Å²) in [7, 11) is 0. The van der Waals surface area contributed by atoms with Gasteiger partial charge in [0, 0.05) is 11.3 Å². The molecule has 154 valence electrons. The first-order valence-electron chi connectivity index (χ1n) is 9.29. The predicted octanol–water partition coefficient (Wildman–Crippen LogP) is 5.33. The Labute approximate surface area is 178 Å². The van der Waals surface area contributed by atoms with Crippen molar-refractivity contribution in [2.45, 2.75) is 19.8 Å². The van der Waals surface area contributed by atoms with Gasteiger partial charge >= 0.3 is 5.97 Å². The highest BCUT2D eigenvalue weighted by Crippen LogP contribution is 2.27. The predicted molar refractivity (Wildman–Crippen MR) is 114 cm³/mol. The van der Waals surface area contributed by atoms with Gasteiger partial charge in [0.1, 0.15) is 5.76 Å². The average Bonchev–Trinajstić information content (AvgIpc) is 3.22. The van der Waals surface area contributed by atoms with Crippen LogP contribution in [0.5, 0.6) is 0 Å². The first-order valence-corrected chi connectivity index (χ1v) is 9.67. The van der Waals surface area contributed by atoms with Gasteiger partial charge in [0.2, 0.25) is 0 Å². The lowest BCUT2D eigenvalue weighted by Gasteiger charge is -2.10. The summed E-state index contributed by atoms with van der Waals surface area (Å²) in [6.45, 7) is 3.71. The van der Waals surface area contributed by atoms with Gasteiger partial charge < -0.3 is 14.5 Å². The lowest BCUT2D eigenvalue weighted by atomic mass is 10.0. The number of hydrogen-bond donors (Lipinski definition) is 1. The SMILES string of the molecule is CC(C)c1ccc(NC(=O)COC(=O)c2cc(-c3ccc(C=O)o3)ccc2Cl)cc1. The fourth-order valence-corrected chi connectivity index (χ4v) is 2.96. The van der Waals surface area contributed by atoms with Crippen LogP contribution in [-0.4, -0.2) is 24.8 Å². The molecule has 0 aliphatic heterocycles. The third-order valence-corrected chi connectivity index (χ3v) is 4.74. The molecule has 0 unspecified atom stereocenters. The minimum absolute atomic E-state index is 0.0901. The molecule has 0 aliphatic carbocycles. The van der Waals surface area contributed by atoms with Crippen molar-refractivity contribution in [1.82, 2.24) is 0 Å². The molecule has 2 aromatic carbocycles. The second-order valence-corrected chi connectivity index (χ2v) is 7.32. The van der Waals surface area contributed by atoms with Crippen LogP contribution >= 0.6 is 11.6 Å². The van der Waals surface area contributed by atoms with Crippen molar-refractivity contribution in [1.29, 1.82) is 0 Å². The Kier molecular flexibility index (Phi) is 6.69. The second kappa shape index (κ2) is 9.41. The fraction of sp³-hybridized carbons (Fsp3) is 0.174. The zero-order valence-corrected chi connectivity index (χ0v) is 17.2. The molecule has 3 aromatic rings. The van der Waals surface area contributed by atoms with Crippen LogP contribution in [0.2, 0.25) is 5.02 Å². The van der Waals surface area contributed by atoms with E-state index in [4.69, 9.17) is 20.8 Å². The molecule has 3 rings (SSSR count). The van der Waals surface area contributed by atoms with Gasteiger partial charge in [-0.3, -0.25) is 9.59 Å². The standard InChI is InChI=1S/C23H20ClNO5/c1-14(2)15-3-6-17(7-4-15)25-22(27)13-29-23(28)19-11-16(5-9-20(19)24)21-10-8-18(12-26)30-21/h3-12,14H,13H2,1-2H3,(H,25,27). The van der Waals surface area contributed by atoms with Gasteiger partial charge in [-0.2, -0.15) is 0 Å². The van der Waals surface area contributed by atoms with Crippen molar-refractivity contribution in [3.8, 4) is 11.3 Å². The van der Waals surface area contributed by atoms with Crippen LogP contribution in [-0.2, 0) is 9.53 Å².